The van der Waals surface area contributed by atoms with E-state index < -0.39 is 10.0 Å². The number of phenols is 1. The molecule has 34 heavy (non-hydrogen) atoms. The minimum absolute atomic E-state index is 0.135. The molecule has 0 radical (unpaired) electrons. The molecule has 1 N–H and O–H groups in total. The second-order valence-electron chi connectivity index (χ2n) is 7.89. The summed E-state index contributed by atoms with van der Waals surface area (Å²) >= 11 is 0. The van der Waals surface area contributed by atoms with Crippen molar-refractivity contribution in [1.29, 1.82) is 0 Å². The van der Waals surface area contributed by atoms with Crippen molar-refractivity contribution in [2.45, 2.75) is 4.90 Å². The number of pyridine rings is 1. The first-order chi connectivity index (χ1) is 16.4. The number of fused-ring (bicyclic) bond motifs is 1. The zero-order valence-corrected chi connectivity index (χ0v) is 19.3. The number of phenolic OH excluding ortho intramolecular Hbond substituents is 1. The van der Waals surface area contributed by atoms with Crippen molar-refractivity contribution in [1.82, 2.24) is 23.9 Å². The van der Waals surface area contributed by atoms with Crippen LogP contribution in [0.1, 0.15) is 0 Å². The molecule has 9 heteroatoms. The summed E-state index contributed by atoms with van der Waals surface area (Å²) in [6.45, 7) is 0. The molecule has 5 rings (SSSR count). The van der Waals surface area contributed by atoms with Crippen LogP contribution in [0.25, 0.3) is 39.3 Å². The van der Waals surface area contributed by atoms with Gasteiger partial charge in [-0.2, -0.15) is 5.10 Å². The monoisotopic (exact) mass is 471 g/mol. The fourth-order valence-electron chi connectivity index (χ4n) is 3.83. The Kier molecular flexibility index (Phi) is 5.35. The third-order valence-corrected chi connectivity index (χ3v) is 7.33. The largest absolute Gasteiger partial charge is 0.508 e. The van der Waals surface area contributed by atoms with Crippen molar-refractivity contribution in [2.75, 3.05) is 14.1 Å². The van der Waals surface area contributed by atoms with Gasteiger partial charge in [-0.05, 0) is 48.0 Å². The average molecular weight is 472 g/mol. The molecule has 0 aliphatic heterocycles. The van der Waals surface area contributed by atoms with E-state index >= 15 is 0 Å². The van der Waals surface area contributed by atoms with Gasteiger partial charge in [-0.1, -0.05) is 24.3 Å². The summed E-state index contributed by atoms with van der Waals surface area (Å²) in [5.74, 6) is 0.135. The summed E-state index contributed by atoms with van der Waals surface area (Å²) in [7, 11) is -0.596. The van der Waals surface area contributed by atoms with E-state index in [4.69, 9.17) is 5.10 Å². The summed E-state index contributed by atoms with van der Waals surface area (Å²) in [6.07, 6.45) is 5.05. The van der Waals surface area contributed by atoms with Gasteiger partial charge in [-0.3, -0.25) is 4.98 Å². The zero-order chi connectivity index (χ0) is 23.9. The number of aromatic hydroxyl groups is 1. The van der Waals surface area contributed by atoms with Crippen LogP contribution < -0.4 is 0 Å². The fraction of sp³-hybridized carbons (Fsp3) is 0.0800. The van der Waals surface area contributed by atoms with Crippen LogP contribution in [0.2, 0.25) is 0 Å². The summed E-state index contributed by atoms with van der Waals surface area (Å²) < 4.78 is 28.3. The molecule has 0 saturated heterocycles. The highest BCUT2D eigenvalue weighted by molar-refractivity contribution is 7.89. The second-order valence-corrected chi connectivity index (χ2v) is 10.0. The second kappa shape index (κ2) is 8.36. The van der Waals surface area contributed by atoms with E-state index in [0.717, 1.165) is 16.7 Å². The van der Waals surface area contributed by atoms with Crippen LogP contribution in [0.4, 0.5) is 0 Å². The lowest BCUT2D eigenvalue weighted by Gasteiger charge is -2.12. The van der Waals surface area contributed by atoms with Crippen LogP contribution in [0.15, 0.2) is 90.2 Å². The maximum atomic E-state index is 12.7. The van der Waals surface area contributed by atoms with Crippen molar-refractivity contribution in [3.05, 3.63) is 85.3 Å². The van der Waals surface area contributed by atoms with Gasteiger partial charge >= 0.3 is 0 Å². The van der Waals surface area contributed by atoms with E-state index in [1.54, 1.807) is 65.6 Å². The highest BCUT2D eigenvalue weighted by Crippen LogP contribution is 2.37. The number of nitrogens with zero attached hydrogens (tertiary/aromatic N) is 5. The minimum atomic E-state index is -3.60. The third kappa shape index (κ3) is 3.70. The van der Waals surface area contributed by atoms with E-state index in [0.29, 0.717) is 22.6 Å². The molecule has 0 unspecified atom stereocenters. The average Bonchev–Trinajstić information content (AvgIpc) is 3.24. The van der Waals surface area contributed by atoms with Crippen LogP contribution in [0.3, 0.4) is 0 Å². The van der Waals surface area contributed by atoms with Gasteiger partial charge in [0.25, 0.3) is 0 Å². The first-order valence-electron chi connectivity index (χ1n) is 10.5. The van der Waals surface area contributed by atoms with Gasteiger partial charge in [0, 0.05) is 43.8 Å². The summed E-state index contributed by atoms with van der Waals surface area (Å²) in [6, 6.07) is 19.2. The van der Waals surface area contributed by atoms with Crippen LogP contribution in [-0.2, 0) is 10.0 Å². The SMILES string of the molecule is CN(C)S(=O)(=O)c1cccc(-c2ccnc3c(-c4cccc(O)c4)c(-c4ccncc4)nn23)c1. The van der Waals surface area contributed by atoms with Gasteiger partial charge in [-0.15, -0.1) is 0 Å². The Hall–Kier alpha value is -4.08. The van der Waals surface area contributed by atoms with Crippen molar-refractivity contribution >= 4 is 15.7 Å². The fourth-order valence-corrected chi connectivity index (χ4v) is 4.78. The van der Waals surface area contributed by atoms with E-state index in [9.17, 15) is 13.5 Å². The molecule has 0 atom stereocenters. The molecular formula is C25H21N5O3S. The van der Waals surface area contributed by atoms with Crippen molar-refractivity contribution < 1.29 is 13.5 Å². The Bertz CT molecular complexity index is 1610. The molecule has 0 fully saturated rings. The zero-order valence-electron chi connectivity index (χ0n) is 18.5. The Morgan fingerprint density at radius 1 is 0.853 bits per heavy atom. The Balaban J connectivity index is 1.79. The van der Waals surface area contributed by atoms with Gasteiger partial charge in [0.05, 0.1) is 16.2 Å². The van der Waals surface area contributed by atoms with Gasteiger partial charge in [0.1, 0.15) is 11.4 Å². The van der Waals surface area contributed by atoms with Crippen molar-refractivity contribution in [3.63, 3.8) is 0 Å². The minimum Gasteiger partial charge on any atom is -0.508 e. The number of aromatic nitrogens is 4. The molecular weight excluding hydrogens is 450 g/mol. The topological polar surface area (TPSA) is 101 Å². The summed E-state index contributed by atoms with van der Waals surface area (Å²) in [4.78, 5) is 8.89. The van der Waals surface area contributed by atoms with Gasteiger partial charge < -0.3 is 5.11 Å². The molecule has 0 bridgehead atoms. The Morgan fingerprint density at radius 3 is 2.32 bits per heavy atom. The van der Waals surface area contributed by atoms with E-state index in [-0.39, 0.29) is 10.6 Å². The Morgan fingerprint density at radius 2 is 1.59 bits per heavy atom. The standard InChI is InChI=1S/C25H21N5O3S/c1-29(2)34(32,33)21-8-4-5-18(16-21)22-11-14-27-25-23(19-6-3-7-20(31)15-19)24(28-30(22)25)17-9-12-26-13-10-17/h3-16,31H,1-2H3. The molecule has 170 valence electrons. The predicted molar refractivity (Wildman–Crippen MR) is 130 cm³/mol. The molecule has 0 aliphatic carbocycles. The highest BCUT2D eigenvalue weighted by Gasteiger charge is 2.22. The maximum Gasteiger partial charge on any atom is 0.242 e. The van der Waals surface area contributed by atoms with Gasteiger partial charge in [0.15, 0.2) is 5.65 Å². The van der Waals surface area contributed by atoms with Crippen LogP contribution in [-0.4, -0.2) is 51.5 Å². The number of hydrogen-bond acceptors (Lipinski definition) is 6. The van der Waals surface area contributed by atoms with Crippen LogP contribution in [0.5, 0.6) is 5.75 Å². The lowest BCUT2D eigenvalue weighted by Crippen LogP contribution is -2.22. The third-order valence-electron chi connectivity index (χ3n) is 5.52. The predicted octanol–water partition coefficient (Wildman–Crippen LogP) is 4.08. The maximum absolute atomic E-state index is 12.7. The van der Waals surface area contributed by atoms with E-state index in [1.807, 2.05) is 24.3 Å². The number of sulfonamides is 1. The van der Waals surface area contributed by atoms with Gasteiger partial charge in [0.2, 0.25) is 10.0 Å². The van der Waals surface area contributed by atoms with Crippen molar-refractivity contribution in [2.24, 2.45) is 0 Å². The number of hydrogen-bond donors (Lipinski definition) is 1. The number of benzene rings is 2. The molecule has 8 nitrogen and oxygen atoms in total. The van der Waals surface area contributed by atoms with E-state index in [1.165, 1.54) is 18.4 Å². The highest BCUT2D eigenvalue weighted by atomic mass is 32.2. The number of rotatable bonds is 5. The lowest BCUT2D eigenvalue weighted by atomic mass is 10.0. The van der Waals surface area contributed by atoms with Crippen molar-refractivity contribution in [3.8, 4) is 39.4 Å². The molecule has 0 saturated carbocycles. The molecule has 2 aromatic carbocycles. The molecule has 0 spiro atoms. The summed E-state index contributed by atoms with van der Waals surface area (Å²) in [5, 5.41) is 15.0. The quantitative estimate of drug-likeness (QED) is 0.415. The normalized spacial score (nSPS) is 11.9. The lowest BCUT2D eigenvalue weighted by molar-refractivity contribution is 0.475. The summed E-state index contributed by atoms with van der Waals surface area (Å²) in [5.41, 5.74) is 4.97. The van der Waals surface area contributed by atoms with Gasteiger partial charge in [-0.25, -0.2) is 22.2 Å². The first kappa shape index (κ1) is 21.7. The molecule has 3 aromatic heterocycles. The molecule has 0 aliphatic rings. The van der Waals surface area contributed by atoms with E-state index in [2.05, 4.69) is 9.97 Å². The van der Waals surface area contributed by atoms with Crippen LogP contribution >= 0.6 is 0 Å². The smallest absolute Gasteiger partial charge is 0.242 e. The molecule has 5 aromatic rings. The molecule has 0 amide bonds. The first-order valence-corrected chi connectivity index (χ1v) is 11.9. The Labute approximate surface area is 196 Å². The molecule has 3 heterocycles. The van der Waals surface area contributed by atoms with Crippen LogP contribution in [0, 0.1) is 0 Å².